The summed E-state index contributed by atoms with van der Waals surface area (Å²) in [7, 11) is 3.98. The van der Waals surface area contributed by atoms with Crippen LogP contribution >= 0.6 is 0 Å². The van der Waals surface area contributed by atoms with Gasteiger partial charge in [-0.1, -0.05) is 30.3 Å². The van der Waals surface area contributed by atoms with E-state index < -0.39 is 0 Å². The molecule has 2 aromatic rings. The molecule has 2 rings (SSSR count). The SMILES string of the molecule is CN(C)c1ccc(CC(CO)c2ccccc2F)cc1. The van der Waals surface area contributed by atoms with Crippen LogP contribution in [0.1, 0.15) is 17.0 Å². The minimum Gasteiger partial charge on any atom is -0.396 e. The lowest BCUT2D eigenvalue weighted by Gasteiger charge is -2.17. The van der Waals surface area contributed by atoms with Crippen molar-refractivity contribution in [2.24, 2.45) is 0 Å². The molecule has 1 unspecified atom stereocenters. The average molecular weight is 273 g/mol. The maximum absolute atomic E-state index is 13.8. The van der Waals surface area contributed by atoms with Gasteiger partial charge in [0.2, 0.25) is 0 Å². The molecule has 2 nitrogen and oxygen atoms in total. The van der Waals surface area contributed by atoms with Gasteiger partial charge in [0.05, 0.1) is 6.61 Å². The maximum Gasteiger partial charge on any atom is 0.126 e. The van der Waals surface area contributed by atoms with E-state index >= 15 is 0 Å². The minimum atomic E-state index is -0.253. The quantitative estimate of drug-likeness (QED) is 0.904. The van der Waals surface area contributed by atoms with Crippen LogP contribution < -0.4 is 4.90 Å². The Morgan fingerprint density at radius 2 is 1.70 bits per heavy atom. The molecule has 20 heavy (non-hydrogen) atoms. The summed E-state index contributed by atoms with van der Waals surface area (Å²) < 4.78 is 13.8. The first-order chi connectivity index (χ1) is 9.61. The summed E-state index contributed by atoms with van der Waals surface area (Å²) in [4.78, 5) is 2.03. The monoisotopic (exact) mass is 273 g/mol. The van der Waals surface area contributed by atoms with Crippen LogP contribution in [-0.2, 0) is 6.42 Å². The highest BCUT2D eigenvalue weighted by Gasteiger charge is 2.15. The van der Waals surface area contributed by atoms with E-state index in [2.05, 4.69) is 0 Å². The summed E-state index contributed by atoms with van der Waals surface area (Å²) in [5.41, 5.74) is 2.80. The van der Waals surface area contributed by atoms with Gasteiger partial charge in [-0.3, -0.25) is 0 Å². The molecule has 0 aromatic heterocycles. The highest BCUT2D eigenvalue weighted by Crippen LogP contribution is 2.24. The summed E-state index contributed by atoms with van der Waals surface area (Å²) in [6, 6.07) is 14.8. The van der Waals surface area contributed by atoms with Gasteiger partial charge in [0.15, 0.2) is 0 Å². The van der Waals surface area contributed by atoms with Crippen molar-refractivity contribution in [2.75, 3.05) is 25.6 Å². The van der Waals surface area contributed by atoms with Crippen molar-refractivity contribution in [2.45, 2.75) is 12.3 Å². The summed E-state index contributed by atoms with van der Waals surface area (Å²) in [6.07, 6.45) is 0.630. The van der Waals surface area contributed by atoms with E-state index in [9.17, 15) is 9.50 Å². The Morgan fingerprint density at radius 3 is 2.25 bits per heavy atom. The zero-order valence-electron chi connectivity index (χ0n) is 11.9. The first-order valence-electron chi connectivity index (χ1n) is 6.73. The second-order valence-corrected chi connectivity index (χ2v) is 5.17. The number of benzene rings is 2. The van der Waals surface area contributed by atoms with Gasteiger partial charge in [-0.25, -0.2) is 4.39 Å². The van der Waals surface area contributed by atoms with E-state index in [0.717, 1.165) is 11.3 Å². The van der Waals surface area contributed by atoms with Gasteiger partial charge < -0.3 is 10.0 Å². The van der Waals surface area contributed by atoms with Crippen molar-refractivity contribution >= 4 is 5.69 Å². The summed E-state index contributed by atoms with van der Waals surface area (Å²) in [6.45, 7) is -0.0592. The number of nitrogens with zero attached hydrogens (tertiary/aromatic N) is 1. The Morgan fingerprint density at radius 1 is 1.05 bits per heavy atom. The Hall–Kier alpha value is -1.87. The number of aliphatic hydroxyl groups is 1. The number of aliphatic hydroxyl groups excluding tert-OH is 1. The van der Waals surface area contributed by atoms with E-state index in [1.807, 2.05) is 43.3 Å². The van der Waals surface area contributed by atoms with Crippen LogP contribution in [-0.4, -0.2) is 25.8 Å². The van der Waals surface area contributed by atoms with Crippen LogP contribution in [0.25, 0.3) is 0 Å². The van der Waals surface area contributed by atoms with Gasteiger partial charge in [0.25, 0.3) is 0 Å². The molecule has 0 bridgehead atoms. The Kier molecular flexibility index (Phi) is 4.74. The van der Waals surface area contributed by atoms with Gasteiger partial charge in [0, 0.05) is 25.7 Å². The molecule has 0 aliphatic carbocycles. The summed E-state index contributed by atoms with van der Waals surface area (Å²) in [5, 5.41) is 9.53. The van der Waals surface area contributed by atoms with Gasteiger partial charge in [-0.15, -0.1) is 0 Å². The molecule has 0 aliphatic heterocycles. The number of hydrogen-bond donors (Lipinski definition) is 1. The largest absolute Gasteiger partial charge is 0.396 e. The second-order valence-electron chi connectivity index (χ2n) is 5.17. The molecular weight excluding hydrogens is 253 g/mol. The second kappa shape index (κ2) is 6.53. The summed E-state index contributed by atoms with van der Waals surface area (Å²) in [5.74, 6) is -0.460. The Labute approximate surface area is 119 Å². The molecule has 0 heterocycles. The molecule has 0 spiro atoms. The van der Waals surface area contributed by atoms with Crippen LogP contribution in [0.5, 0.6) is 0 Å². The normalized spacial score (nSPS) is 12.2. The van der Waals surface area contributed by atoms with Crippen molar-refractivity contribution in [3.05, 3.63) is 65.5 Å². The van der Waals surface area contributed by atoms with Crippen molar-refractivity contribution in [1.82, 2.24) is 0 Å². The third-order valence-corrected chi connectivity index (χ3v) is 3.50. The fourth-order valence-corrected chi connectivity index (χ4v) is 2.29. The predicted octanol–water partition coefficient (Wildman–Crippen LogP) is 3.21. The molecule has 0 fully saturated rings. The number of anilines is 1. The molecule has 2 aromatic carbocycles. The van der Waals surface area contributed by atoms with Crippen LogP contribution in [0.4, 0.5) is 10.1 Å². The lowest BCUT2D eigenvalue weighted by atomic mass is 9.92. The van der Waals surface area contributed by atoms with Crippen molar-refractivity contribution in [3.63, 3.8) is 0 Å². The van der Waals surface area contributed by atoms with Crippen molar-refractivity contribution < 1.29 is 9.50 Å². The van der Waals surface area contributed by atoms with E-state index in [0.29, 0.717) is 12.0 Å². The minimum absolute atomic E-state index is 0.0592. The number of halogens is 1. The van der Waals surface area contributed by atoms with Crippen molar-refractivity contribution in [1.29, 1.82) is 0 Å². The molecule has 3 heteroatoms. The molecule has 0 aliphatic rings. The van der Waals surface area contributed by atoms with Crippen LogP contribution in [0, 0.1) is 5.82 Å². The smallest absolute Gasteiger partial charge is 0.126 e. The molecule has 0 amide bonds. The van der Waals surface area contributed by atoms with Gasteiger partial charge in [0.1, 0.15) is 5.82 Å². The van der Waals surface area contributed by atoms with E-state index in [4.69, 9.17) is 0 Å². The fourth-order valence-electron chi connectivity index (χ4n) is 2.29. The first kappa shape index (κ1) is 14.5. The molecule has 0 saturated carbocycles. The highest BCUT2D eigenvalue weighted by molar-refractivity contribution is 5.46. The predicted molar refractivity (Wildman–Crippen MR) is 80.7 cm³/mol. The molecule has 106 valence electrons. The van der Waals surface area contributed by atoms with Crippen LogP contribution in [0.2, 0.25) is 0 Å². The molecular formula is C17H20FNO. The third-order valence-electron chi connectivity index (χ3n) is 3.50. The van der Waals surface area contributed by atoms with Crippen LogP contribution in [0.3, 0.4) is 0 Å². The summed E-state index contributed by atoms with van der Waals surface area (Å²) >= 11 is 0. The third kappa shape index (κ3) is 3.36. The highest BCUT2D eigenvalue weighted by atomic mass is 19.1. The zero-order chi connectivity index (χ0) is 14.5. The van der Waals surface area contributed by atoms with E-state index in [1.165, 1.54) is 6.07 Å². The topological polar surface area (TPSA) is 23.5 Å². The molecule has 0 saturated heterocycles. The number of hydrogen-bond acceptors (Lipinski definition) is 2. The maximum atomic E-state index is 13.8. The lowest BCUT2D eigenvalue weighted by Crippen LogP contribution is -2.11. The van der Waals surface area contributed by atoms with E-state index in [-0.39, 0.29) is 18.3 Å². The van der Waals surface area contributed by atoms with Crippen LogP contribution in [0.15, 0.2) is 48.5 Å². The lowest BCUT2D eigenvalue weighted by molar-refractivity contribution is 0.261. The Bertz CT molecular complexity index is 551. The van der Waals surface area contributed by atoms with Gasteiger partial charge in [-0.05, 0) is 35.7 Å². The zero-order valence-corrected chi connectivity index (χ0v) is 11.9. The Balaban J connectivity index is 2.16. The van der Waals surface area contributed by atoms with E-state index in [1.54, 1.807) is 18.2 Å². The number of rotatable bonds is 5. The standard InChI is InChI=1S/C17H20FNO/c1-19(2)15-9-7-13(8-10-15)11-14(12-20)16-5-3-4-6-17(16)18/h3-10,14,20H,11-12H2,1-2H3. The average Bonchev–Trinajstić information content (AvgIpc) is 2.46. The molecule has 1 N–H and O–H groups in total. The van der Waals surface area contributed by atoms with Crippen molar-refractivity contribution in [3.8, 4) is 0 Å². The molecule has 0 radical (unpaired) electrons. The first-order valence-corrected chi connectivity index (χ1v) is 6.73. The van der Waals surface area contributed by atoms with Gasteiger partial charge in [-0.2, -0.15) is 0 Å². The molecule has 1 atom stereocenters. The fraction of sp³-hybridized carbons (Fsp3) is 0.294. The van der Waals surface area contributed by atoms with Gasteiger partial charge >= 0.3 is 0 Å².